The maximum absolute atomic E-state index is 6.85. The van der Waals surface area contributed by atoms with E-state index in [-0.39, 0.29) is 5.92 Å². The van der Waals surface area contributed by atoms with Crippen LogP contribution in [0.15, 0.2) is 147 Å². The van der Waals surface area contributed by atoms with Crippen molar-refractivity contribution in [3.8, 4) is 17.2 Å². The first kappa shape index (κ1) is 30.2. The number of hydrogen-bond acceptors (Lipinski definition) is 5. The molecule has 0 spiro atoms. The number of aromatic nitrogens is 3. The third-order valence-corrected chi connectivity index (χ3v) is 12.1. The zero-order chi connectivity index (χ0) is 36.5. The third-order valence-electron chi connectivity index (χ3n) is 12.1. The number of benzene rings is 6. The number of aryl methyl sites for hydroxylation is 1. The molecule has 13 rings (SSSR count). The van der Waals surface area contributed by atoms with Crippen LogP contribution in [0.5, 0.6) is 0 Å². The highest BCUT2D eigenvalue weighted by molar-refractivity contribution is 6.13. The van der Waals surface area contributed by atoms with Crippen LogP contribution >= 0.6 is 0 Å². The average molecular weight is 722 g/mol. The van der Waals surface area contributed by atoms with E-state index in [0.29, 0.717) is 5.95 Å². The van der Waals surface area contributed by atoms with Gasteiger partial charge in [0.15, 0.2) is 0 Å². The quantitative estimate of drug-likeness (QED) is 0.182. The number of rotatable bonds is 3. The Balaban J connectivity index is 1.08. The van der Waals surface area contributed by atoms with Crippen LogP contribution < -0.4 is 0 Å². The molecule has 0 amide bonds. The molecule has 6 heteroatoms. The summed E-state index contributed by atoms with van der Waals surface area (Å²) in [5.41, 5.74) is 12.8. The molecule has 6 nitrogen and oxygen atoms in total. The van der Waals surface area contributed by atoms with Crippen LogP contribution in [0, 0.1) is 0 Å². The van der Waals surface area contributed by atoms with E-state index in [0.717, 1.165) is 119 Å². The lowest BCUT2D eigenvalue weighted by Gasteiger charge is -2.19. The second-order valence-electron chi connectivity index (χ2n) is 15.1. The van der Waals surface area contributed by atoms with E-state index < -0.39 is 0 Å². The Bertz CT molecular complexity index is 3530. The summed E-state index contributed by atoms with van der Waals surface area (Å²) in [5, 5.41) is 7.67. The molecule has 0 radical (unpaired) electrons. The van der Waals surface area contributed by atoms with E-state index in [1.807, 2.05) is 24.3 Å². The van der Waals surface area contributed by atoms with Gasteiger partial charge in [-0.05, 0) is 60.9 Å². The largest absolute Gasteiger partial charge is 0.460 e. The van der Waals surface area contributed by atoms with Gasteiger partial charge in [-0.1, -0.05) is 103 Å². The number of fused-ring (bicyclic) bond motifs is 14. The van der Waals surface area contributed by atoms with Crippen molar-refractivity contribution in [2.45, 2.75) is 25.2 Å². The van der Waals surface area contributed by atoms with Crippen LogP contribution in [-0.2, 0) is 12.8 Å². The minimum atomic E-state index is 0.0873. The topological polar surface area (TPSA) is 70.1 Å². The summed E-state index contributed by atoms with van der Waals surface area (Å²) >= 11 is 0. The molecule has 1 unspecified atom stereocenters. The molecule has 2 aliphatic rings. The fourth-order valence-corrected chi connectivity index (χ4v) is 9.54. The first-order valence-electron chi connectivity index (χ1n) is 19.3. The molecule has 264 valence electrons. The van der Waals surface area contributed by atoms with Crippen molar-refractivity contribution in [3.63, 3.8) is 0 Å². The molecule has 56 heavy (non-hydrogen) atoms. The van der Waals surface area contributed by atoms with Crippen molar-refractivity contribution in [3.05, 3.63) is 162 Å². The van der Waals surface area contributed by atoms with Crippen molar-refractivity contribution in [1.82, 2.24) is 14.5 Å². The van der Waals surface area contributed by atoms with Crippen molar-refractivity contribution in [1.29, 1.82) is 0 Å². The van der Waals surface area contributed by atoms with Gasteiger partial charge in [0.05, 0.1) is 22.4 Å². The zero-order valence-electron chi connectivity index (χ0n) is 30.1. The fraction of sp³-hybridized carbons (Fsp3) is 0.0800. The van der Waals surface area contributed by atoms with E-state index in [9.17, 15) is 0 Å². The number of furan rings is 3. The maximum Gasteiger partial charge on any atom is 0.235 e. The minimum absolute atomic E-state index is 0.0873. The smallest absolute Gasteiger partial charge is 0.235 e. The van der Waals surface area contributed by atoms with Crippen LogP contribution in [0.25, 0.3) is 106 Å². The second kappa shape index (κ2) is 11.2. The van der Waals surface area contributed by atoms with Gasteiger partial charge >= 0.3 is 0 Å². The van der Waals surface area contributed by atoms with Gasteiger partial charge in [0.1, 0.15) is 33.7 Å². The van der Waals surface area contributed by atoms with Crippen LogP contribution in [-0.4, -0.2) is 14.5 Å². The monoisotopic (exact) mass is 721 g/mol. The fourth-order valence-electron chi connectivity index (χ4n) is 9.54. The van der Waals surface area contributed by atoms with Crippen LogP contribution in [0.4, 0.5) is 0 Å². The van der Waals surface area contributed by atoms with Crippen LogP contribution in [0.3, 0.4) is 0 Å². The molecule has 6 aromatic carbocycles. The number of nitrogens with zero attached hydrogens (tertiary/aromatic N) is 3. The lowest BCUT2D eigenvalue weighted by molar-refractivity contribution is 0.548. The van der Waals surface area contributed by atoms with Crippen molar-refractivity contribution >= 4 is 88.8 Å². The Morgan fingerprint density at radius 2 is 1.32 bits per heavy atom. The van der Waals surface area contributed by atoms with E-state index in [2.05, 4.69) is 126 Å². The molecule has 0 saturated carbocycles. The van der Waals surface area contributed by atoms with E-state index >= 15 is 0 Å². The predicted octanol–water partition coefficient (Wildman–Crippen LogP) is 13.1. The average Bonchev–Trinajstić information content (AvgIpc) is 4.01. The maximum atomic E-state index is 6.85. The second-order valence-corrected chi connectivity index (χ2v) is 15.1. The van der Waals surface area contributed by atoms with E-state index in [1.54, 1.807) is 0 Å². The molecule has 0 saturated heterocycles. The summed E-state index contributed by atoms with van der Waals surface area (Å²) in [4.78, 5) is 10.8. The summed E-state index contributed by atoms with van der Waals surface area (Å²) in [6, 6.07) is 42.1. The third kappa shape index (κ3) is 4.10. The molecule has 1 atom stereocenters. The van der Waals surface area contributed by atoms with Crippen molar-refractivity contribution in [2.75, 3.05) is 0 Å². The zero-order valence-corrected chi connectivity index (χ0v) is 30.1. The molecular weight excluding hydrogens is 691 g/mol. The summed E-state index contributed by atoms with van der Waals surface area (Å²) < 4.78 is 22.2. The number of hydrogen-bond donors (Lipinski definition) is 0. The van der Waals surface area contributed by atoms with Gasteiger partial charge in [0, 0.05) is 66.7 Å². The molecule has 0 aliphatic heterocycles. The Labute approximate surface area is 319 Å². The molecule has 5 heterocycles. The van der Waals surface area contributed by atoms with Crippen molar-refractivity contribution in [2.24, 2.45) is 0 Å². The Kier molecular flexibility index (Phi) is 6.03. The van der Waals surface area contributed by atoms with Crippen LogP contribution in [0.1, 0.15) is 40.5 Å². The summed E-state index contributed by atoms with van der Waals surface area (Å²) in [7, 11) is 0. The number of allylic oxidation sites excluding steroid dienone is 2. The highest BCUT2D eigenvalue weighted by Gasteiger charge is 2.30. The van der Waals surface area contributed by atoms with Gasteiger partial charge in [-0.25, -0.2) is 9.97 Å². The molecule has 2 aliphatic carbocycles. The molecule has 5 aromatic heterocycles. The highest BCUT2D eigenvalue weighted by Crippen LogP contribution is 2.46. The Hall–Kier alpha value is -7.18. The molecule has 0 N–H and O–H groups in total. The first-order chi connectivity index (χ1) is 27.8. The normalized spacial score (nSPS) is 15.3. The van der Waals surface area contributed by atoms with E-state index in [4.69, 9.17) is 23.2 Å². The summed E-state index contributed by atoms with van der Waals surface area (Å²) in [6.07, 6.45) is 11.7. The molecule has 11 aromatic rings. The SMILES string of the molecule is C1=Cc2c(oc3c2ccc2c3c3c(n2-c2nc(-c4cccc5c4oc4ccccc45)c4ccccc4n2)C=CC(c2cccc4c2oc2ccccc24)C3)CC1. The molecule has 0 fully saturated rings. The Morgan fingerprint density at radius 1 is 0.589 bits per heavy atom. The predicted molar refractivity (Wildman–Crippen MR) is 225 cm³/mol. The van der Waals surface area contributed by atoms with Gasteiger partial charge in [-0.3, -0.25) is 4.57 Å². The lowest BCUT2D eigenvalue weighted by atomic mass is 9.85. The molecule has 0 bridgehead atoms. The standard InChI is InChI=1S/C50H31N3O3/c1-5-19-39-36(14-1)46(37-18-10-17-34-31-12-3-7-21-43(31)55-48(34)37)52-50(51-39)53-40-25-23-28(29-15-9-16-33-30-11-2-6-20-42(30)54-47(29)33)27-38(40)45-41(53)26-24-35-32-13-4-8-22-44(32)56-49(35)45/h1-7,9-21,23-26,28H,8,22,27H2. The van der Waals surface area contributed by atoms with Gasteiger partial charge in [0.25, 0.3) is 0 Å². The summed E-state index contributed by atoms with van der Waals surface area (Å²) in [5.74, 6) is 1.75. The van der Waals surface area contributed by atoms with Crippen molar-refractivity contribution < 1.29 is 13.3 Å². The van der Waals surface area contributed by atoms with Crippen LogP contribution in [0.2, 0.25) is 0 Å². The Morgan fingerprint density at radius 3 is 2.18 bits per heavy atom. The number of para-hydroxylation sites is 5. The van der Waals surface area contributed by atoms with Gasteiger partial charge in [-0.2, -0.15) is 0 Å². The van der Waals surface area contributed by atoms with Gasteiger partial charge in [0.2, 0.25) is 5.95 Å². The first-order valence-corrected chi connectivity index (χ1v) is 19.3. The lowest BCUT2D eigenvalue weighted by Crippen LogP contribution is -2.09. The molecular formula is C50H31N3O3. The van der Waals surface area contributed by atoms with Gasteiger partial charge in [-0.15, -0.1) is 0 Å². The van der Waals surface area contributed by atoms with Gasteiger partial charge < -0.3 is 13.3 Å². The minimum Gasteiger partial charge on any atom is -0.460 e. The van der Waals surface area contributed by atoms with E-state index in [1.165, 1.54) is 16.7 Å². The highest BCUT2D eigenvalue weighted by atomic mass is 16.3. The summed E-state index contributed by atoms with van der Waals surface area (Å²) in [6.45, 7) is 0.